The first-order valence-electron chi connectivity index (χ1n) is 8.13. The van der Waals surface area contributed by atoms with Crippen LogP contribution in [0.2, 0.25) is 0 Å². The minimum atomic E-state index is -0.297. The van der Waals surface area contributed by atoms with Crippen molar-refractivity contribution in [1.29, 1.82) is 0 Å². The van der Waals surface area contributed by atoms with E-state index in [4.69, 9.17) is 4.74 Å². The van der Waals surface area contributed by atoms with E-state index in [1.54, 1.807) is 6.21 Å². The van der Waals surface area contributed by atoms with Gasteiger partial charge in [-0.1, -0.05) is 48.5 Å². The maximum Gasteiger partial charge on any atom is 0.277 e. The predicted octanol–water partition coefficient (Wildman–Crippen LogP) is 3.99. The Labute approximate surface area is 147 Å². The van der Waals surface area contributed by atoms with Gasteiger partial charge in [0.05, 0.1) is 6.21 Å². The molecule has 0 fully saturated rings. The van der Waals surface area contributed by atoms with Gasteiger partial charge in [-0.05, 0) is 47.9 Å². The second-order valence-corrected chi connectivity index (χ2v) is 5.90. The van der Waals surface area contributed by atoms with Crippen LogP contribution in [0, 0.1) is 13.8 Å². The Bertz CT molecular complexity index is 927. The van der Waals surface area contributed by atoms with Crippen LogP contribution in [0.4, 0.5) is 0 Å². The van der Waals surface area contributed by atoms with Crippen LogP contribution in [0.15, 0.2) is 65.8 Å². The number of fused-ring (bicyclic) bond motifs is 1. The first kappa shape index (κ1) is 16.7. The molecule has 0 aromatic heterocycles. The lowest BCUT2D eigenvalue weighted by molar-refractivity contribution is -0.123. The van der Waals surface area contributed by atoms with Gasteiger partial charge in [0.1, 0.15) is 5.75 Å². The molecule has 3 rings (SSSR count). The second-order valence-electron chi connectivity index (χ2n) is 5.90. The molecular formula is C21H20N2O2. The van der Waals surface area contributed by atoms with Gasteiger partial charge in [0.25, 0.3) is 5.91 Å². The largest absolute Gasteiger partial charge is 0.484 e. The highest BCUT2D eigenvalue weighted by Crippen LogP contribution is 2.17. The van der Waals surface area contributed by atoms with Crippen molar-refractivity contribution in [2.75, 3.05) is 6.61 Å². The number of hydrazone groups is 1. The minimum Gasteiger partial charge on any atom is -0.484 e. The molecule has 0 bridgehead atoms. The molecule has 0 saturated carbocycles. The molecule has 1 N–H and O–H groups in total. The Kier molecular flexibility index (Phi) is 5.09. The fourth-order valence-electron chi connectivity index (χ4n) is 2.52. The second kappa shape index (κ2) is 7.62. The van der Waals surface area contributed by atoms with Crippen LogP contribution < -0.4 is 10.2 Å². The molecule has 0 saturated heterocycles. The van der Waals surface area contributed by atoms with Crippen molar-refractivity contribution < 1.29 is 9.53 Å². The summed E-state index contributed by atoms with van der Waals surface area (Å²) in [5, 5.41) is 6.26. The van der Waals surface area contributed by atoms with Crippen LogP contribution in [0.1, 0.15) is 16.7 Å². The van der Waals surface area contributed by atoms with Crippen LogP contribution in [0.25, 0.3) is 10.8 Å². The van der Waals surface area contributed by atoms with Gasteiger partial charge < -0.3 is 4.74 Å². The van der Waals surface area contributed by atoms with Crippen molar-refractivity contribution in [3.8, 4) is 5.75 Å². The van der Waals surface area contributed by atoms with E-state index in [2.05, 4.69) is 10.5 Å². The first-order chi connectivity index (χ1) is 12.1. The number of nitrogens with one attached hydrogen (secondary N) is 1. The number of rotatable bonds is 5. The monoisotopic (exact) mass is 332 g/mol. The maximum absolute atomic E-state index is 11.9. The van der Waals surface area contributed by atoms with Crippen LogP contribution in [0.5, 0.6) is 5.75 Å². The van der Waals surface area contributed by atoms with E-state index in [-0.39, 0.29) is 12.5 Å². The summed E-state index contributed by atoms with van der Waals surface area (Å²) in [5.41, 5.74) is 5.77. The van der Waals surface area contributed by atoms with Crippen molar-refractivity contribution in [3.05, 3.63) is 77.4 Å². The van der Waals surface area contributed by atoms with Crippen molar-refractivity contribution in [2.24, 2.45) is 5.10 Å². The number of ether oxygens (including phenoxy) is 1. The Morgan fingerprint density at radius 3 is 2.68 bits per heavy atom. The van der Waals surface area contributed by atoms with Crippen molar-refractivity contribution in [1.82, 2.24) is 5.43 Å². The van der Waals surface area contributed by atoms with E-state index in [0.717, 1.165) is 21.9 Å². The van der Waals surface area contributed by atoms with E-state index >= 15 is 0 Å². The van der Waals surface area contributed by atoms with Gasteiger partial charge in [0, 0.05) is 5.56 Å². The van der Waals surface area contributed by atoms with Crippen molar-refractivity contribution in [2.45, 2.75) is 13.8 Å². The number of aryl methyl sites for hydroxylation is 2. The predicted molar refractivity (Wildman–Crippen MR) is 101 cm³/mol. The molecule has 0 aliphatic rings. The number of hydrogen-bond acceptors (Lipinski definition) is 3. The summed E-state index contributed by atoms with van der Waals surface area (Å²) in [6, 6.07) is 19.8. The molecule has 3 aromatic carbocycles. The fourth-order valence-corrected chi connectivity index (χ4v) is 2.52. The molecular weight excluding hydrogens is 312 g/mol. The summed E-state index contributed by atoms with van der Waals surface area (Å²) in [5.74, 6) is 0.381. The van der Waals surface area contributed by atoms with E-state index in [1.807, 2.05) is 74.5 Å². The summed E-state index contributed by atoms with van der Waals surface area (Å²) in [6.45, 7) is 3.97. The third kappa shape index (κ3) is 4.23. The topological polar surface area (TPSA) is 50.7 Å². The van der Waals surface area contributed by atoms with Gasteiger partial charge in [0.2, 0.25) is 0 Å². The summed E-state index contributed by atoms with van der Waals surface area (Å²) < 4.78 is 5.49. The lowest BCUT2D eigenvalue weighted by Gasteiger charge is -2.07. The Balaban J connectivity index is 1.58. The molecule has 0 aliphatic heterocycles. The Morgan fingerprint density at radius 1 is 1.04 bits per heavy atom. The molecule has 0 spiro atoms. The average molecular weight is 332 g/mol. The molecule has 1 amide bonds. The molecule has 126 valence electrons. The van der Waals surface area contributed by atoms with Gasteiger partial charge in [-0.2, -0.15) is 5.10 Å². The van der Waals surface area contributed by atoms with Gasteiger partial charge >= 0.3 is 0 Å². The van der Waals surface area contributed by atoms with Crippen LogP contribution in [0.3, 0.4) is 0 Å². The lowest BCUT2D eigenvalue weighted by atomic mass is 10.1. The van der Waals surface area contributed by atoms with Gasteiger partial charge in [-0.25, -0.2) is 5.43 Å². The normalized spacial score (nSPS) is 11.0. The van der Waals surface area contributed by atoms with Crippen molar-refractivity contribution >= 4 is 22.9 Å². The quantitative estimate of drug-likeness (QED) is 0.567. The van der Waals surface area contributed by atoms with E-state index in [9.17, 15) is 4.79 Å². The molecule has 0 radical (unpaired) electrons. The number of hydrogen-bond donors (Lipinski definition) is 1. The molecule has 4 nitrogen and oxygen atoms in total. The van der Waals surface area contributed by atoms with Gasteiger partial charge in [0.15, 0.2) is 6.61 Å². The van der Waals surface area contributed by atoms with E-state index < -0.39 is 0 Å². The lowest BCUT2D eigenvalue weighted by Crippen LogP contribution is -2.24. The first-order valence-corrected chi connectivity index (χ1v) is 8.13. The summed E-state index contributed by atoms with van der Waals surface area (Å²) in [7, 11) is 0. The zero-order valence-electron chi connectivity index (χ0n) is 14.3. The summed E-state index contributed by atoms with van der Waals surface area (Å²) in [4.78, 5) is 11.9. The van der Waals surface area contributed by atoms with Gasteiger partial charge in [-0.3, -0.25) is 4.79 Å². The Hall–Kier alpha value is -3.14. The molecule has 0 atom stereocenters. The molecule has 0 aliphatic carbocycles. The standard InChI is InChI=1S/C21H20N2O2/c1-15-10-11-19(12-16(15)2)25-14-21(24)23-22-13-18-8-5-7-17-6-3-4-9-20(17)18/h3-13H,14H2,1-2H3,(H,23,24)/b22-13+. The van der Waals surface area contributed by atoms with E-state index in [1.165, 1.54) is 5.56 Å². The number of nitrogens with zero attached hydrogens (tertiary/aromatic N) is 1. The average Bonchev–Trinajstić information content (AvgIpc) is 2.63. The highest BCUT2D eigenvalue weighted by Gasteiger charge is 2.03. The zero-order chi connectivity index (χ0) is 17.6. The molecule has 4 heteroatoms. The highest BCUT2D eigenvalue weighted by atomic mass is 16.5. The third-order valence-corrected chi connectivity index (χ3v) is 4.06. The third-order valence-electron chi connectivity index (χ3n) is 4.06. The van der Waals surface area contributed by atoms with Crippen LogP contribution in [-0.2, 0) is 4.79 Å². The van der Waals surface area contributed by atoms with Crippen LogP contribution in [-0.4, -0.2) is 18.7 Å². The smallest absolute Gasteiger partial charge is 0.277 e. The summed E-state index contributed by atoms with van der Waals surface area (Å²) in [6.07, 6.45) is 1.65. The number of carbonyl (C=O) groups is 1. The highest BCUT2D eigenvalue weighted by molar-refractivity contribution is 5.99. The van der Waals surface area contributed by atoms with Crippen molar-refractivity contribution in [3.63, 3.8) is 0 Å². The summed E-state index contributed by atoms with van der Waals surface area (Å²) >= 11 is 0. The SMILES string of the molecule is Cc1ccc(OCC(=O)N/N=C/c2cccc3ccccc23)cc1C. The molecule has 0 heterocycles. The van der Waals surface area contributed by atoms with Crippen LogP contribution >= 0.6 is 0 Å². The molecule has 25 heavy (non-hydrogen) atoms. The molecule has 3 aromatic rings. The number of carbonyl (C=O) groups excluding carboxylic acids is 1. The van der Waals surface area contributed by atoms with Gasteiger partial charge in [-0.15, -0.1) is 0 Å². The fraction of sp³-hybridized carbons (Fsp3) is 0.143. The van der Waals surface area contributed by atoms with E-state index in [0.29, 0.717) is 5.75 Å². The maximum atomic E-state index is 11.9. The number of amides is 1. The number of benzene rings is 3. The molecule has 0 unspecified atom stereocenters. The zero-order valence-corrected chi connectivity index (χ0v) is 14.3. The Morgan fingerprint density at radius 2 is 1.84 bits per heavy atom. The minimum absolute atomic E-state index is 0.0740.